The first-order chi connectivity index (χ1) is 9.52. The Hall–Kier alpha value is -2.02. The number of benzene rings is 1. The first-order valence-electron chi connectivity index (χ1n) is 6.00. The number of halogens is 3. The minimum atomic E-state index is -4.44. The normalized spacial score (nSPS) is 18.1. The van der Waals surface area contributed by atoms with Gasteiger partial charge in [0, 0.05) is 11.8 Å². The Bertz CT molecular complexity index is 588. The Kier molecular flexibility index (Phi) is 3.13. The van der Waals surface area contributed by atoms with Crippen molar-refractivity contribution in [2.45, 2.75) is 12.3 Å². The zero-order valence-electron chi connectivity index (χ0n) is 10.3. The van der Waals surface area contributed by atoms with Crippen LogP contribution in [0.3, 0.4) is 0 Å². The molecule has 1 unspecified atom stereocenters. The number of ether oxygens (including phenoxy) is 2. The molecule has 1 saturated heterocycles. The van der Waals surface area contributed by atoms with Crippen LogP contribution in [0.25, 0.3) is 11.4 Å². The molecule has 2 heterocycles. The maximum atomic E-state index is 12.4. The van der Waals surface area contributed by atoms with Crippen LogP contribution in [0.5, 0.6) is 5.75 Å². The minimum absolute atomic E-state index is 0.161. The molecular weight excluding hydrogens is 273 g/mol. The molecule has 7 heteroatoms. The molecule has 0 amide bonds. The van der Waals surface area contributed by atoms with Gasteiger partial charge in [-0.05, 0) is 24.3 Å². The third-order valence-electron chi connectivity index (χ3n) is 2.83. The van der Waals surface area contributed by atoms with Gasteiger partial charge < -0.3 is 14.5 Å². The third-order valence-corrected chi connectivity index (χ3v) is 2.83. The van der Waals surface area contributed by atoms with E-state index < -0.39 is 11.9 Å². The molecular formula is C13H11F3N2O2. The van der Waals surface area contributed by atoms with Gasteiger partial charge in [-0.15, -0.1) is 0 Å². The summed E-state index contributed by atoms with van der Waals surface area (Å²) in [6.45, 7) is 1.20. The number of alkyl halides is 3. The average Bonchev–Trinajstić information content (AvgIpc) is 3.09. The summed E-state index contributed by atoms with van der Waals surface area (Å²) in [7, 11) is 0. The molecule has 2 aromatic rings. The summed E-state index contributed by atoms with van der Waals surface area (Å²) in [6.07, 6.45) is -3.43. The van der Waals surface area contributed by atoms with Crippen LogP contribution in [-0.2, 0) is 10.9 Å². The molecule has 1 aliphatic heterocycles. The van der Waals surface area contributed by atoms with Crippen molar-refractivity contribution in [2.24, 2.45) is 0 Å². The SMILES string of the molecule is FC(F)(F)c1c[nH]c(-c2ccc(OCC3CO3)cc2)n1. The quantitative estimate of drug-likeness (QED) is 0.878. The number of aromatic nitrogens is 2. The van der Waals surface area contributed by atoms with Gasteiger partial charge in [-0.1, -0.05) is 0 Å². The molecule has 0 spiro atoms. The minimum Gasteiger partial charge on any atom is -0.491 e. The highest BCUT2D eigenvalue weighted by molar-refractivity contribution is 5.56. The lowest BCUT2D eigenvalue weighted by molar-refractivity contribution is -0.140. The Morgan fingerprint density at radius 3 is 2.55 bits per heavy atom. The van der Waals surface area contributed by atoms with Crippen molar-refractivity contribution in [3.8, 4) is 17.1 Å². The molecule has 0 saturated carbocycles. The Balaban J connectivity index is 1.71. The van der Waals surface area contributed by atoms with Gasteiger partial charge in [0.2, 0.25) is 0 Å². The molecule has 0 aliphatic carbocycles. The number of aromatic amines is 1. The number of nitrogens with one attached hydrogen (secondary N) is 1. The van der Waals surface area contributed by atoms with Crippen LogP contribution in [0.2, 0.25) is 0 Å². The van der Waals surface area contributed by atoms with Crippen LogP contribution in [0.15, 0.2) is 30.5 Å². The number of rotatable bonds is 4. The lowest BCUT2D eigenvalue weighted by atomic mass is 10.2. The van der Waals surface area contributed by atoms with E-state index >= 15 is 0 Å². The van der Waals surface area contributed by atoms with E-state index in [2.05, 4.69) is 9.97 Å². The first kappa shape index (κ1) is 13.0. The van der Waals surface area contributed by atoms with Crippen molar-refractivity contribution in [3.63, 3.8) is 0 Å². The van der Waals surface area contributed by atoms with Gasteiger partial charge in [-0.3, -0.25) is 0 Å². The number of hydrogen-bond donors (Lipinski definition) is 1. The van der Waals surface area contributed by atoms with E-state index in [0.29, 0.717) is 24.5 Å². The standard InChI is InChI=1S/C13H11F3N2O2/c14-13(15,16)11-5-17-12(18-11)8-1-3-9(4-2-8)19-6-10-7-20-10/h1-5,10H,6-7H2,(H,17,18). The zero-order chi connectivity index (χ0) is 14.2. The smallest absolute Gasteiger partial charge is 0.434 e. The van der Waals surface area contributed by atoms with Gasteiger partial charge in [0.1, 0.15) is 24.3 Å². The molecule has 1 aromatic heterocycles. The summed E-state index contributed by atoms with van der Waals surface area (Å²) < 4.78 is 47.8. The van der Waals surface area contributed by atoms with Gasteiger partial charge in [0.15, 0.2) is 5.69 Å². The van der Waals surface area contributed by atoms with Crippen molar-refractivity contribution < 1.29 is 22.6 Å². The Morgan fingerprint density at radius 1 is 1.30 bits per heavy atom. The lowest BCUT2D eigenvalue weighted by Crippen LogP contribution is -2.05. The largest absolute Gasteiger partial charge is 0.491 e. The molecule has 4 nitrogen and oxygen atoms in total. The van der Waals surface area contributed by atoms with Crippen molar-refractivity contribution >= 4 is 0 Å². The number of epoxide rings is 1. The third kappa shape index (κ3) is 2.93. The predicted octanol–water partition coefficient (Wildman–Crippen LogP) is 2.87. The summed E-state index contributed by atoms with van der Waals surface area (Å²) in [5, 5.41) is 0. The number of imidazole rings is 1. The van der Waals surface area contributed by atoms with Crippen molar-refractivity contribution in [3.05, 3.63) is 36.2 Å². The van der Waals surface area contributed by atoms with Crippen LogP contribution >= 0.6 is 0 Å². The monoisotopic (exact) mass is 284 g/mol. The van der Waals surface area contributed by atoms with E-state index in [9.17, 15) is 13.2 Å². The first-order valence-corrected chi connectivity index (χ1v) is 6.00. The molecule has 3 rings (SSSR count). The van der Waals surface area contributed by atoms with Crippen molar-refractivity contribution in [1.29, 1.82) is 0 Å². The van der Waals surface area contributed by atoms with E-state index in [0.717, 1.165) is 6.20 Å². The van der Waals surface area contributed by atoms with Crippen LogP contribution < -0.4 is 4.74 Å². The van der Waals surface area contributed by atoms with Crippen LogP contribution in [0, 0.1) is 0 Å². The second kappa shape index (κ2) is 4.82. The van der Waals surface area contributed by atoms with Gasteiger partial charge in [-0.2, -0.15) is 13.2 Å². The summed E-state index contributed by atoms with van der Waals surface area (Å²) in [5.41, 5.74) is -0.366. The van der Waals surface area contributed by atoms with Crippen LogP contribution in [-0.4, -0.2) is 29.3 Å². The molecule has 1 atom stereocenters. The van der Waals surface area contributed by atoms with Crippen molar-refractivity contribution in [2.75, 3.05) is 13.2 Å². The molecule has 106 valence electrons. The summed E-state index contributed by atoms with van der Waals surface area (Å²) in [5.74, 6) is 0.821. The fourth-order valence-electron chi connectivity index (χ4n) is 1.68. The number of nitrogens with zero attached hydrogens (tertiary/aromatic N) is 1. The highest BCUT2D eigenvalue weighted by Crippen LogP contribution is 2.29. The van der Waals surface area contributed by atoms with Gasteiger partial charge in [0.05, 0.1) is 6.61 Å². The maximum Gasteiger partial charge on any atom is 0.434 e. The summed E-state index contributed by atoms with van der Waals surface area (Å²) in [4.78, 5) is 6.04. The Labute approximate surface area is 112 Å². The average molecular weight is 284 g/mol. The second-order valence-corrected chi connectivity index (χ2v) is 4.42. The molecule has 1 fully saturated rings. The Morgan fingerprint density at radius 2 is 2.00 bits per heavy atom. The van der Waals surface area contributed by atoms with Gasteiger partial charge in [-0.25, -0.2) is 4.98 Å². The molecule has 1 aromatic carbocycles. The lowest BCUT2D eigenvalue weighted by Gasteiger charge is -2.04. The molecule has 1 N–H and O–H groups in total. The molecule has 0 bridgehead atoms. The van der Waals surface area contributed by atoms with Crippen LogP contribution in [0.4, 0.5) is 13.2 Å². The fourth-order valence-corrected chi connectivity index (χ4v) is 1.68. The van der Waals surface area contributed by atoms with E-state index in [1.54, 1.807) is 24.3 Å². The second-order valence-electron chi connectivity index (χ2n) is 4.42. The van der Waals surface area contributed by atoms with E-state index in [1.165, 1.54) is 0 Å². The highest BCUT2D eigenvalue weighted by atomic mass is 19.4. The van der Waals surface area contributed by atoms with Crippen molar-refractivity contribution in [1.82, 2.24) is 9.97 Å². The summed E-state index contributed by atoms with van der Waals surface area (Å²) in [6, 6.07) is 6.69. The number of H-pyrrole nitrogens is 1. The van der Waals surface area contributed by atoms with E-state index in [4.69, 9.17) is 9.47 Å². The van der Waals surface area contributed by atoms with E-state index in [-0.39, 0.29) is 11.9 Å². The highest BCUT2D eigenvalue weighted by Gasteiger charge is 2.33. The molecule has 20 heavy (non-hydrogen) atoms. The summed E-state index contributed by atoms with van der Waals surface area (Å²) >= 11 is 0. The van der Waals surface area contributed by atoms with Crippen LogP contribution in [0.1, 0.15) is 5.69 Å². The topological polar surface area (TPSA) is 50.4 Å². The fraction of sp³-hybridized carbons (Fsp3) is 0.308. The van der Waals surface area contributed by atoms with Gasteiger partial charge in [0.25, 0.3) is 0 Å². The van der Waals surface area contributed by atoms with Gasteiger partial charge >= 0.3 is 6.18 Å². The zero-order valence-corrected chi connectivity index (χ0v) is 10.3. The molecule has 0 radical (unpaired) electrons. The van der Waals surface area contributed by atoms with E-state index in [1.807, 2.05) is 0 Å². The molecule has 1 aliphatic rings. The number of hydrogen-bond acceptors (Lipinski definition) is 3. The maximum absolute atomic E-state index is 12.4. The predicted molar refractivity (Wildman–Crippen MR) is 64.3 cm³/mol.